The quantitative estimate of drug-likeness (QED) is 0.285. The zero-order valence-electron chi connectivity index (χ0n) is 19.6. The first-order valence-electron chi connectivity index (χ1n) is 11.3. The van der Waals surface area contributed by atoms with E-state index in [-0.39, 0.29) is 16.9 Å². The summed E-state index contributed by atoms with van der Waals surface area (Å²) in [5.74, 6) is -1.39. The number of imidazole rings is 1. The highest BCUT2D eigenvalue weighted by Gasteiger charge is 2.51. The molecule has 0 bridgehead atoms. The number of nitrogens with one attached hydrogen (secondary N) is 2. The molecule has 0 unspecified atom stereocenters. The third kappa shape index (κ3) is 3.15. The van der Waals surface area contributed by atoms with E-state index in [1.807, 2.05) is 45.9 Å². The van der Waals surface area contributed by atoms with Gasteiger partial charge in [-0.1, -0.05) is 24.3 Å². The molecule has 0 radical (unpaired) electrons. The minimum Gasteiger partial charge on any atom is -0.399 e. The Balaban J connectivity index is 1.64. The van der Waals surface area contributed by atoms with Crippen LogP contribution in [0.2, 0.25) is 0 Å². The van der Waals surface area contributed by atoms with Crippen molar-refractivity contribution in [2.75, 3.05) is 0 Å². The number of pyridine rings is 1. The van der Waals surface area contributed by atoms with Crippen LogP contribution in [-0.2, 0) is 9.31 Å². The van der Waals surface area contributed by atoms with Gasteiger partial charge in [-0.15, -0.1) is 0 Å². The summed E-state index contributed by atoms with van der Waals surface area (Å²) in [6, 6.07) is 11.0. The lowest BCUT2D eigenvalue weighted by atomic mass is 9.78. The Morgan fingerprint density at radius 1 is 0.914 bits per heavy atom. The molecule has 0 atom stereocenters. The van der Waals surface area contributed by atoms with Crippen LogP contribution < -0.4 is 11.0 Å². The van der Waals surface area contributed by atoms with E-state index < -0.39 is 30.0 Å². The van der Waals surface area contributed by atoms with Crippen molar-refractivity contribution in [3.63, 3.8) is 0 Å². The van der Waals surface area contributed by atoms with Crippen LogP contribution in [0, 0.1) is 11.6 Å². The van der Waals surface area contributed by atoms with Gasteiger partial charge in [-0.25, -0.2) is 13.8 Å². The zero-order chi connectivity index (χ0) is 24.7. The molecule has 1 fully saturated rings. The van der Waals surface area contributed by atoms with Gasteiger partial charge >= 0.3 is 7.12 Å². The van der Waals surface area contributed by atoms with Crippen LogP contribution in [0.25, 0.3) is 44.0 Å². The number of fused-ring (bicyclic) bond motifs is 6. The van der Waals surface area contributed by atoms with Gasteiger partial charge < -0.3 is 19.3 Å². The number of benzene rings is 3. The van der Waals surface area contributed by atoms with Crippen molar-refractivity contribution in [1.29, 1.82) is 0 Å². The number of aromatic nitrogens is 3. The van der Waals surface area contributed by atoms with Crippen molar-refractivity contribution in [2.45, 2.75) is 38.9 Å². The number of halogens is 2. The molecule has 5 aromatic rings. The van der Waals surface area contributed by atoms with Crippen LogP contribution in [0.1, 0.15) is 27.7 Å². The van der Waals surface area contributed by atoms with E-state index in [9.17, 15) is 13.6 Å². The molecule has 0 amide bonds. The zero-order valence-corrected chi connectivity index (χ0v) is 19.6. The number of H-pyrrole nitrogens is 2. The summed E-state index contributed by atoms with van der Waals surface area (Å²) in [5, 5.41) is 2.35. The van der Waals surface area contributed by atoms with E-state index in [0.29, 0.717) is 32.6 Å². The summed E-state index contributed by atoms with van der Waals surface area (Å²) in [7, 11) is -0.611. The number of hydrogen-bond acceptors (Lipinski definition) is 4. The average Bonchev–Trinajstić information content (AvgIpc) is 3.32. The van der Waals surface area contributed by atoms with Gasteiger partial charge in [-0.2, -0.15) is 0 Å². The van der Waals surface area contributed by atoms with Crippen molar-refractivity contribution < 1.29 is 18.1 Å². The SMILES string of the molecule is CC1(C)OB(c2ccc3c(c2)c2c(=O)[nH]ccc2c2[nH]c(-c4c(F)cccc4F)nc32)OC1(C)C. The lowest BCUT2D eigenvalue weighted by molar-refractivity contribution is 0.00578. The Kier molecular flexibility index (Phi) is 4.53. The van der Waals surface area contributed by atoms with E-state index in [1.165, 1.54) is 24.4 Å². The van der Waals surface area contributed by atoms with Gasteiger partial charge in [0.1, 0.15) is 17.5 Å². The largest absolute Gasteiger partial charge is 0.494 e. The van der Waals surface area contributed by atoms with Crippen molar-refractivity contribution in [1.82, 2.24) is 15.0 Å². The fourth-order valence-electron chi connectivity index (χ4n) is 4.66. The van der Waals surface area contributed by atoms with Crippen LogP contribution in [0.15, 0.2) is 53.5 Å². The molecule has 6 nitrogen and oxygen atoms in total. The molecule has 1 saturated heterocycles. The predicted octanol–water partition coefficient (Wildman–Crippen LogP) is 4.80. The Labute approximate surface area is 199 Å². The van der Waals surface area contributed by atoms with Gasteiger partial charge in [-0.3, -0.25) is 4.79 Å². The van der Waals surface area contributed by atoms with E-state index in [4.69, 9.17) is 9.31 Å². The summed E-state index contributed by atoms with van der Waals surface area (Å²) in [6.45, 7) is 7.91. The molecule has 0 aliphatic carbocycles. The average molecular weight is 473 g/mol. The second kappa shape index (κ2) is 7.22. The van der Waals surface area contributed by atoms with E-state index in [2.05, 4.69) is 15.0 Å². The molecular weight excluding hydrogens is 451 g/mol. The Morgan fingerprint density at radius 3 is 2.29 bits per heavy atom. The van der Waals surface area contributed by atoms with Crippen molar-refractivity contribution in [3.05, 3.63) is 70.6 Å². The Hall–Kier alpha value is -3.56. The van der Waals surface area contributed by atoms with Crippen molar-refractivity contribution in [2.24, 2.45) is 0 Å². The summed E-state index contributed by atoms with van der Waals surface area (Å²) in [6.07, 6.45) is 1.54. The van der Waals surface area contributed by atoms with Crippen LogP contribution in [0.5, 0.6) is 0 Å². The molecule has 2 N–H and O–H groups in total. The molecule has 1 aliphatic heterocycles. The van der Waals surface area contributed by atoms with Gasteiger partial charge in [0.15, 0.2) is 0 Å². The predicted molar refractivity (Wildman–Crippen MR) is 133 cm³/mol. The molecule has 176 valence electrons. The van der Waals surface area contributed by atoms with Gasteiger partial charge in [0.25, 0.3) is 5.56 Å². The first kappa shape index (κ1) is 21.9. The van der Waals surface area contributed by atoms with Crippen molar-refractivity contribution >= 4 is 45.2 Å². The molecule has 3 heterocycles. The number of aromatic amines is 2. The monoisotopic (exact) mass is 473 g/mol. The maximum absolute atomic E-state index is 14.5. The molecule has 0 spiro atoms. The van der Waals surface area contributed by atoms with E-state index >= 15 is 0 Å². The van der Waals surface area contributed by atoms with Crippen molar-refractivity contribution in [3.8, 4) is 11.4 Å². The molecule has 0 saturated carbocycles. The summed E-state index contributed by atoms with van der Waals surface area (Å²) in [5.41, 5.74) is 0.234. The highest BCUT2D eigenvalue weighted by molar-refractivity contribution is 6.62. The Bertz CT molecular complexity index is 1690. The number of nitrogens with zero attached hydrogens (tertiary/aromatic N) is 1. The normalized spacial score (nSPS) is 17.1. The summed E-state index contributed by atoms with van der Waals surface area (Å²) < 4.78 is 41.5. The van der Waals surface area contributed by atoms with Gasteiger partial charge in [0, 0.05) is 17.0 Å². The van der Waals surface area contributed by atoms with E-state index in [1.54, 1.807) is 6.07 Å². The Morgan fingerprint density at radius 2 is 1.60 bits per heavy atom. The fraction of sp³-hybridized carbons (Fsp3) is 0.231. The summed E-state index contributed by atoms with van der Waals surface area (Å²) >= 11 is 0. The maximum Gasteiger partial charge on any atom is 0.494 e. The minimum absolute atomic E-state index is 0.0553. The van der Waals surface area contributed by atoms with Gasteiger partial charge in [0.2, 0.25) is 0 Å². The standard InChI is InChI=1S/C26H22BF2N3O3/c1-25(2)26(3,4)35-27(34-25)13-8-9-14-16(12-13)19-15(10-11-30-24(19)33)22-21(14)31-23(32-22)20-17(28)6-5-7-18(20)29/h5-12H,1-4H3,(H,30,33)(H,31,32). The second-order valence-electron chi connectivity index (χ2n) is 9.89. The molecule has 2 aromatic heterocycles. The lowest BCUT2D eigenvalue weighted by Crippen LogP contribution is -2.41. The highest BCUT2D eigenvalue weighted by Crippen LogP contribution is 2.38. The lowest BCUT2D eigenvalue weighted by Gasteiger charge is -2.32. The van der Waals surface area contributed by atoms with Gasteiger partial charge in [0.05, 0.1) is 33.2 Å². The van der Waals surface area contributed by atoms with E-state index in [0.717, 1.165) is 5.46 Å². The molecule has 1 aliphatic rings. The topological polar surface area (TPSA) is 80.0 Å². The van der Waals surface area contributed by atoms with Crippen LogP contribution >= 0.6 is 0 Å². The molecule has 35 heavy (non-hydrogen) atoms. The smallest absolute Gasteiger partial charge is 0.399 e. The maximum atomic E-state index is 14.5. The fourth-order valence-corrected chi connectivity index (χ4v) is 4.66. The minimum atomic E-state index is -0.724. The van der Waals surface area contributed by atoms with Crippen LogP contribution in [-0.4, -0.2) is 33.3 Å². The highest BCUT2D eigenvalue weighted by atomic mass is 19.1. The molecule has 9 heteroatoms. The second-order valence-corrected chi connectivity index (χ2v) is 9.89. The summed E-state index contributed by atoms with van der Waals surface area (Å²) in [4.78, 5) is 23.3. The third-order valence-electron chi connectivity index (χ3n) is 7.23. The molecule has 6 rings (SSSR count). The number of hydrogen-bond donors (Lipinski definition) is 2. The van der Waals surface area contributed by atoms with Crippen LogP contribution in [0.4, 0.5) is 8.78 Å². The third-order valence-corrected chi connectivity index (χ3v) is 7.23. The molecular formula is C26H22BF2N3O3. The van der Waals surface area contributed by atoms with Crippen LogP contribution in [0.3, 0.4) is 0 Å². The molecule has 3 aromatic carbocycles. The number of rotatable bonds is 2. The first-order valence-corrected chi connectivity index (χ1v) is 11.3. The first-order chi connectivity index (χ1) is 16.6. The van der Waals surface area contributed by atoms with Gasteiger partial charge in [-0.05, 0) is 56.7 Å².